The Morgan fingerprint density at radius 1 is 1.04 bits per heavy atom. The fourth-order valence-corrected chi connectivity index (χ4v) is 2.73. The summed E-state index contributed by atoms with van der Waals surface area (Å²) < 4.78 is 29.1. The summed E-state index contributed by atoms with van der Waals surface area (Å²) in [4.78, 5) is 14.1. The van der Waals surface area contributed by atoms with E-state index < -0.39 is 0 Å². The lowest BCUT2D eigenvalue weighted by molar-refractivity contribution is -0.122. The third-order valence-electron chi connectivity index (χ3n) is 4.02. The molecule has 0 radical (unpaired) electrons. The number of nitrogens with zero attached hydrogens (tertiary/aromatic N) is 1. The maximum Gasteiger partial charge on any atom is 0.234 e. The van der Waals surface area contributed by atoms with E-state index in [4.69, 9.17) is 14.2 Å². The van der Waals surface area contributed by atoms with Crippen molar-refractivity contribution in [3.05, 3.63) is 53.3 Å². The van der Waals surface area contributed by atoms with Gasteiger partial charge in [0.2, 0.25) is 5.91 Å². The average Bonchev–Trinajstić information content (AvgIpc) is 2.65. The van der Waals surface area contributed by atoms with Crippen LogP contribution >= 0.6 is 0 Å². The van der Waals surface area contributed by atoms with Gasteiger partial charge in [-0.05, 0) is 30.8 Å². The highest BCUT2D eigenvalue weighted by atomic mass is 19.1. The first-order chi connectivity index (χ1) is 13.0. The van der Waals surface area contributed by atoms with Gasteiger partial charge in [-0.25, -0.2) is 4.39 Å². The van der Waals surface area contributed by atoms with Crippen molar-refractivity contribution in [3.8, 4) is 17.2 Å². The van der Waals surface area contributed by atoms with Gasteiger partial charge in [0.1, 0.15) is 11.6 Å². The molecule has 2 rings (SSSR count). The lowest BCUT2D eigenvalue weighted by Gasteiger charge is -2.17. The summed E-state index contributed by atoms with van der Waals surface area (Å²) in [6.45, 7) is 0.952. The SMILES string of the molecule is COc1cc(OC)c(OC)cc1CNC(=O)CN(C)Cc1cccc(F)c1. The molecule has 7 heteroatoms. The van der Waals surface area contributed by atoms with E-state index in [1.54, 1.807) is 39.5 Å². The van der Waals surface area contributed by atoms with Crippen molar-refractivity contribution in [2.24, 2.45) is 0 Å². The van der Waals surface area contributed by atoms with Crippen molar-refractivity contribution < 1.29 is 23.4 Å². The quantitative estimate of drug-likeness (QED) is 0.729. The highest BCUT2D eigenvalue weighted by Gasteiger charge is 2.13. The molecule has 27 heavy (non-hydrogen) atoms. The minimum Gasteiger partial charge on any atom is -0.496 e. The van der Waals surface area contributed by atoms with Gasteiger partial charge in [0.25, 0.3) is 0 Å². The molecular weight excluding hydrogens is 351 g/mol. The smallest absolute Gasteiger partial charge is 0.234 e. The summed E-state index contributed by atoms with van der Waals surface area (Å²) in [6.07, 6.45) is 0. The molecule has 0 spiro atoms. The van der Waals surface area contributed by atoms with Crippen LogP contribution in [0.5, 0.6) is 17.2 Å². The van der Waals surface area contributed by atoms with Gasteiger partial charge in [-0.3, -0.25) is 9.69 Å². The van der Waals surface area contributed by atoms with Gasteiger partial charge in [0.05, 0.1) is 27.9 Å². The van der Waals surface area contributed by atoms with Gasteiger partial charge in [-0.2, -0.15) is 0 Å². The van der Waals surface area contributed by atoms with Crippen molar-refractivity contribution in [3.63, 3.8) is 0 Å². The van der Waals surface area contributed by atoms with E-state index in [0.717, 1.165) is 11.1 Å². The molecular formula is C20H25FN2O4. The van der Waals surface area contributed by atoms with E-state index in [1.165, 1.54) is 12.1 Å². The first-order valence-electron chi connectivity index (χ1n) is 8.45. The second-order valence-electron chi connectivity index (χ2n) is 6.10. The molecule has 0 heterocycles. The second-order valence-corrected chi connectivity index (χ2v) is 6.10. The van der Waals surface area contributed by atoms with Crippen LogP contribution in [0.25, 0.3) is 0 Å². The molecule has 0 atom stereocenters. The molecule has 0 aliphatic heterocycles. The topological polar surface area (TPSA) is 60.0 Å². The van der Waals surface area contributed by atoms with E-state index in [0.29, 0.717) is 23.8 Å². The molecule has 0 aromatic heterocycles. The monoisotopic (exact) mass is 376 g/mol. The van der Waals surface area contributed by atoms with E-state index >= 15 is 0 Å². The normalized spacial score (nSPS) is 10.6. The third kappa shape index (κ3) is 5.86. The Morgan fingerprint density at radius 3 is 2.33 bits per heavy atom. The minimum atomic E-state index is -0.286. The number of nitrogens with one attached hydrogen (secondary N) is 1. The Morgan fingerprint density at radius 2 is 1.70 bits per heavy atom. The fraction of sp³-hybridized carbons (Fsp3) is 0.350. The van der Waals surface area contributed by atoms with Crippen molar-refractivity contribution in [2.75, 3.05) is 34.9 Å². The number of methoxy groups -OCH3 is 3. The van der Waals surface area contributed by atoms with Crippen LogP contribution in [0.1, 0.15) is 11.1 Å². The lowest BCUT2D eigenvalue weighted by atomic mass is 10.1. The standard InChI is InChI=1S/C20H25FN2O4/c1-23(12-14-6-5-7-16(21)8-14)13-20(24)22-11-15-9-18(26-3)19(27-4)10-17(15)25-2/h5-10H,11-13H2,1-4H3,(H,22,24). The largest absolute Gasteiger partial charge is 0.496 e. The predicted molar refractivity (Wildman–Crippen MR) is 101 cm³/mol. The molecule has 6 nitrogen and oxygen atoms in total. The molecule has 0 aliphatic rings. The molecule has 146 valence electrons. The number of benzene rings is 2. The molecule has 0 aliphatic carbocycles. The number of carbonyl (C=O) groups is 1. The highest BCUT2D eigenvalue weighted by molar-refractivity contribution is 5.78. The first kappa shape index (κ1) is 20.5. The molecule has 0 saturated carbocycles. The zero-order valence-electron chi connectivity index (χ0n) is 16.0. The van der Waals surface area contributed by atoms with Crippen LogP contribution < -0.4 is 19.5 Å². The van der Waals surface area contributed by atoms with Crippen LogP contribution in [0.4, 0.5) is 4.39 Å². The van der Waals surface area contributed by atoms with Crippen molar-refractivity contribution in [2.45, 2.75) is 13.1 Å². The van der Waals surface area contributed by atoms with Crippen LogP contribution in [0.15, 0.2) is 36.4 Å². The summed E-state index contributed by atoms with van der Waals surface area (Å²) in [5, 5.41) is 2.86. The molecule has 0 fully saturated rings. The van der Waals surface area contributed by atoms with Crippen LogP contribution in [0.2, 0.25) is 0 Å². The van der Waals surface area contributed by atoms with Crippen molar-refractivity contribution in [1.29, 1.82) is 0 Å². The lowest BCUT2D eigenvalue weighted by Crippen LogP contribution is -2.34. The molecule has 2 aromatic carbocycles. The summed E-state index contributed by atoms with van der Waals surface area (Å²) in [6, 6.07) is 9.83. The van der Waals surface area contributed by atoms with Gasteiger partial charge < -0.3 is 19.5 Å². The highest BCUT2D eigenvalue weighted by Crippen LogP contribution is 2.34. The summed E-state index contributed by atoms with van der Waals surface area (Å²) in [5.74, 6) is 1.28. The number of carbonyl (C=O) groups excluding carboxylic acids is 1. The maximum absolute atomic E-state index is 13.2. The first-order valence-corrected chi connectivity index (χ1v) is 8.45. The van der Waals surface area contributed by atoms with Crippen LogP contribution in [0, 0.1) is 5.82 Å². The molecule has 0 bridgehead atoms. The molecule has 0 saturated heterocycles. The average molecular weight is 376 g/mol. The van der Waals surface area contributed by atoms with E-state index in [9.17, 15) is 9.18 Å². The third-order valence-corrected chi connectivity index (χ3v) is 4.02. The molecule has 1 amide bonds. The number of hydrogen-bond donors (Lipinski definition) is 1. The Hall–Kier alpha value is -2.80. The Bertz CT molecular complexity index is 783. The second kappa shape index (κ2) is 9.78. The van der Waals surface area contributed by atoms with Gasteiger partial charge in [-0.15, -0.1) is 0 Å². The zero-order valence-corrected chi connectivity index (χ0v) is 16.0. The van der Waals surface area contributed by atoms with Crippen molar-refractivity contribution in [1.82, 2.24) is 10.2 Å². The van der Waals surface area contributed by atoms with Crippen LogP contribution in [-0.4, -0.2) is 45.7 Å². The number of amides is 1. The van der Waals surface area contributed by atoms with Crippen molar-refractivity contribution >= 4 is 5.91 Å². The van der Waals surface area contributed by atoms with Crippen LogP contribution in [0.3, 0.4) is 0 Å². The van der Waals surface area contributed by atoms with Crippen LogP contribution in [-0.2, 0) is 17.9 Å². The zero-order chi connectivity index (χ0) is 19.8. The summed E-state index contributed by atoms with van der Waals surface area (Å²) in [5.41, 5.74) is 1.59. The summed E-state index contributed by atoms with van der Waals surface area (Å²) >= 11 is 0. The Kier molecular flexibility index (Phi) is 7.43. The number of ether oxygens (including phenoxy) is 3. The maximum atomic E-state index is 13.2. The number of halogens is 1. The Labute approximate surface area is 158 Å². The molecule has 0 unspecified atom stereocenters. The van der Waals surface area contributed by atoms with E-state index in [-0.39, 0.29) is 24.8 Å². The number of hydrogen-bond acceptors (Lipinski definition) is 5. The molecule has 2 aromatic rings. The molecule has 1 N–H and O–H groups in total. The predicted octanol–water partition coefficient (Wildman–Crippen LogP) is 2.60. The van der Waals surface area contributed by atoms with Gasteiger partial charge >= 0.3 is 0 Å². The van der Waals surface area contributed by atoms with Gasteiger partial charge in [0.15, 0.2) is 11.5 Å². The summed E-state index contributed by atoms with van der Waals surface area (Å²) in [7, 11) is 6.46. The Balaban J connectivity index is 1.94. The van der Waals surface area contributed by atoms with E-state index in [1.807, 2.05) is 18.0 Å². The number of rotatable bonds is 9. The minimum absolute atomic E-state index is 0.147. The van der Waals surface area contributed by atoms with Gasteiger partial charge in [-0.1, -0.05) is 12.1 Å². The van der Waals surface area contributed by atoms with E-state index in [2.05, 4.69) is 5.32 Å². The van der Waals surface area contributed by atoms with Gasteiger partial charge in [0, 0.05) is 24.7 Å². The fourth-order valence-electron chi connectivity index (χ4n) is 2.73. The number of likely N-dealkylation sites (N-methyl/N-ethyl adjacent to an activating group) is 1.